The van der Waals surface area contributed by atoms with Gasteiger partial charge in [-0.15, -0.1) is 0 Å². The number of aromatic nitrogens is 1. The molecule has 1 rings (SSSR count). The molecule has 4 nitrogen and oxygen atoms in total. The Hall–Kier alpha value is -1.42. The number of ether oxygens (including phenoxy) is 1. The number of nitrogens with zero attached hydrogens (tertiary/aromatic N) is 1. The standard InChI is InChI=1S/C11H15NO3/c1-7(2)10(13)9-5-4-8(6-12-9)11(14)15-3/h4-7,10,13H,1-3H3. The Morgan fingerprint density at radius 3 is 2.53 bits per heavy atom. The quantitative estimate of drug-likeness (QED) is 0.767. The topological polar surface area (TPSA) is 59.4 Å². The molecule has 0 saturated carbocycles. The molecule has 0 saturated heterocycles. The van der Waals surface area contributed by atoms with Crippen molar-refractivity contribution in [3.8, 4) is 0 Å². The highest BCUT2D eigenvalue weighted by molar-refractivity contribution is 5.88. The fourth-order valence-corrected chi connectivity index (χ4v) is 1.16. The second-order valence-corrected chi connectivity index (χ2v) is 3.65. The Labute approximate surface area is 88.9 Å². The Bertz CT molecular complexity index is 332. The van der Waals surface area contributed by atoms with Gasteiger partial charge in [0.05, 0.1) is 24.5 Å². The number of methoxy groups -OCH3 is 1. The van der Waals surface area contributed by atoms with Crippen LogP contribution < -0.4 is 0 Å². The van der Waals surface area contributed by atoms with Gasteiger partial charge in [-0.3, -0.25) is 4.98 Å². The average molecular weight is 209 g/mol. The van der Waals surface area contributed by atoms with Crippen molar-refractivity contribution < 1.29 is 14.6 Å². The van der Waals surface area contributed by atoms with Crippen LogP contribution in [0.2, 0.25) is 0 Å². The van der Waals surface area contributed by atoms with Gasteiger partial charge < -0.3 is 9.84 Å². The summed E-state index contributed by atoms with van der Waals surface area (Å²) in [5, 5.41) is 9.71. The fourth-order valence-electron chi connectivity index (χ4n) is 1.16. The van der Waals surface area contributed by atoms with Crippen LogP contribution in [0.4, 0.5) is 0 Å². The summed E-state index contributed by atoms with van der Waals surface area (Å²) in [6.45, 7) is 3.81. The van der Waals surface area contributed by atoms with Crippen molar-refractivity contribution in [3.05, 3.63) is 29.6 Å². The molecule has 0 aliphatic carbocycles. The number of hydrogen-bond acceptors (Lipinski definition) is 4. The van der Waals surface area contributed by atoms with Crippen LogP contribution in [0.3, 0.4) is 0 Å². The number of aliphatic hydroxyl groups excluding tert-OH is 1. The number of aliphatic hydroxyl groups is 1. The van der Waals surface area contributed by atoms with Gasteiger partial charge in [0.15, 0.2) is 0 Å². The Balaban J connectivity index is 2.85. The van der Waals surface area contributed by atoms with E-state index in [1.54, 1.807) is 12.1 Å². The van der Waals surface area contributed by atoms with Gasteiger partial charge >= 0.3 is 5.97 Å². The fraction of sp³-hybridized carbons (Fsp3) is 0.455. The van der Waals surface area contributed by atoms with E-state index in [0.717, 1.165) is 0 Å². The zero-order valence-corrected chi connectivity index (χ0v) is 9.10. The first-order valence-electron chi connectivity index (χ1n) is 4.78. The Morgan fingerprint density at radius 1 is 1.47 bits per heavy atom. The van der Waals surface area contributed by atoms with E-state index in [1.165, 1.54) is 13.3 Å². The Kier molecular flexibility index (Phi) is 3.80. The van der Waals surface area contributed by atoms with Gasteiger partial charge in [-0.05, 0) is 18.1 Å². The number of carbonyl (C=O) groups excluding carboxylic acids is 1. The van der Waals surface area contributed by atoms with E-state index in [4.69, 9.17) is 0 Å². The van der Waals surface area contributed by atoms with Crippen LogP contribution in [-0.2, 0) is 4.74 Å². The lowest BCUT2D eigenvalue weighted by atomic mass is 10.0. The summed E-state index contributed by atoms with van der Waals surface area (Å²) in [4.78, 5) is 15.1. The summed E-state index contributed by atoms with van der Waals surface area (Å²) in [6, 6.07) is 3.23. The zero-order valence-electron chi connectivity index (χ0n) is 9.10. The van der Waals surface area contributed by atoms with E-state index in [0.29, 0.717) is 11.3 Å². The summed E-state index contributed by atoms with van der Waals surface area (Å²) in [5.41, 5.74) is 0.954. The maximum atomic E-state index is 11.1. The summed E-state index contributed by atoms with van der Waals surface area (Å²) >= 11 is 0. The highest BCUT2D eigenvalue weighted by Crippen LogP contribution is 2.19. The first-order chi connectivity index (χ1) is 7.06. The van der Waals surface area contributed by atoms with Crippen LogP contribution in [0.15, 0.2) is 18.3 Å². The highest BCUT2D eigenvalue weighted by atomic mass is 16.5. The number of hydrogen-bond donors (Lipinski definition) is 1. The molecule has 15 heavy (non-hydrogen) atoms. The maximum absolute atomic E-state index is 11.1. The molecule has 0 fully saturated rings. The van der Waals surface area contributed by atoms with Crippen LogP contribution in [0.1, 0.15) is 36.0 Å². The van der Waals surface area contributed by atoms with Crippen LogP contribution in [-0.4, -0.2) is 23.2 Å². The van der Waals surface area contributed by atoms with Crippen LogP contribution >= 0.6 is 0 Å². The minimum absolute atomic E-state index is 0.0986. The van der Waals surface area contributed by atoms with Crippen molar-refractivity contribution in [2.75, 3.05) is 7.11 Å². The van der Waals surface area contributed by atoms with Gasteiger partial charge in [0, 0.05) is 6.20 Å². The average Bonchev–Trinajstić information content (AvgIpc) is 2.27. The minimum atomic E-state index is -0.600. The van der Waals surface area contributed by atoms with E-state index >= 15 is 0 Å². The second kappa shape index (κ2) is 4.89. The van der Waals surface area contributed by atoms with Gasteiger partial charge in [-0.2, -0.15) is 0 Å². The molecule has 0 aliphatic rings. The zero-order chi connectivity index (χ0) is 11.4. The smallest absolute Gasteiger partial charge is 0.339 e. The second-order valence-electron chi connectivity index (χ2n) is 3.65. The molecule has 1 unspecified atom stereocenters. The van der Waals surface area contributed by atoms with Crippen molar-refractivity contribution in [2.24, 2.45) is 5.92 Å². The van der Waals surface area contributed by atoms with Crippen molar-refractivity contribution >= 4 is 5.97 Å². The van der Waals surface area contributed by atoms with Gasteiger partial charge in [0.2, 0.25) is 0 Å². The maximum Gasteiger partial charge on any atom is 0.339 e. The van der Waals surface area contributed by atoms with Crippen molar-refractivity contribution in [1.29, 1.82) is 0 Å². The van der Waals surface area contributed by atoms with Crippen LogP contribution in [0.25, 0.3) is 0 Å². The molecule has 82 valence electrons. The van der Waals surface area contributed by atoms with Crippen molar-refractivity contribution in [2.45, 2.75) is 20.0 Å². The normalized spacial score (nSPS) is 12.6. The summed E-state index contributed by atoms with van der Waals surface area (Å²) in [7, 11) is 1.32. The molecule has 4 heteroatoms. The number of pyridine rings is 1. The summed E-state index contributed by atoms with van der Waals surface area (Å²) < 4.78 is 4.54. The third-order valence-electron chi connectivity index (χ3n) is 2.14. The molecule has 1 aromatic heterocycles. The first kappa shape index (κ1) is 11.7. The van der Waals surface area contributed by atoms with Gasteiger partial charge in [-0.1, -0.05) is 13.8 Å². The Morgan fingerprint density at radius 2 is 2.13 bits per heavy atom. The van der Waals surface area contributed by atoms with E-state index in [9.17, 15) is 9.90 Å². The third kappa shape index (κ3) is 2.76. The molecule has 0 bridgehead atoms. The van der Waals surface area contributed by atoms with Crippen molar-refractivity contribution in [1.82, 2.24) is 4.98 Å². The monoisotopic (exact) mass is 209 g/mol. The molecule has 0 spiro atoms. The van der Waals surface area contributed by atoms with Gasteiger partial charge in [0.1, 0.15) is 0 Å². The van der Waals surface area contributed by atoms with Crippen LogP contribution in [0.5, 0.6) is 0 Å². The number of esters is 1. The lowest BCUT2D eigenvalue weighted by Crippen LogP contribution is -2.09. The summed E-state index contributed by atoms with van der Waals surface area (Å²) in [6.07, 6.45) is 0.809. The summed E-state index contributed by atoms with van der Waals surface area (Å²) in [5.74, 6) is -0.324. The third-order valence-corrected chi connectivity index (χ3v) is 2.14. The highest BCUT2D eigenvalue weighted by Gasteiger charge is 2.14. The SMILES string of the molecule is COC(=O)c1ccc(C(O)C(C)C)nc1. The lowest BCUT2D eigenvalue weighted by Gasteiger charge is -2.13. The molecule has 0 amide bonds. The molecular weight excluding hydrogens is 194 g/mol. The molecule has 0 aliphatic heterocycles. The van der Waals surface area contributed by atoms with Crippen LogP contribution in [0, 0.1) is 5.92 Å². The molecule has 1 N–H and O–H groups in total. The van der Waals surface area contributed by atoms with Crippen molar-refractivity contribution in [3.63, 3.8) is 0 Å². The van der Waals surface area contributed by atoms with Gasteiger partial charge in [-0.25, -0.2) is 4.79 Å². The molecule has 1 atom stereocenters. The molecular formula is C11H15NO3. The molecule has 1 aromatic rings. The van der Waals surface area contributed by atoms with E-state index < -0.39 is 12.1 Å². The van der Waals surface area contributed by atoms with E-state index in [2.05, 4.69) is 9.72 Å². The molecule has 0 aromatic carbocycles. The predicted molar refractivity (Wildman–Crippen MR) is 55.4 cm³/mol. The molecule has 1 heterocycles. The lowest BCUT2D eigenvalue weighted by molar-refractivity contribution is 0.0599. The number of rotatable bonds is 3. The van der Waals surface area contributed by atoms with E-state index in [-0.39, 0.29) is 5.92 Å². The largest absolute Gasteiger partial charge is 0.465 e. The minimum Gasteiger partial charge on any atom is -0.465 e. The van der Waals surface area contributed by atoms with E-state index in [1.807, 2.05) is 13.8 Å². The predicted octanol–water partition coefficient (Wildman–Crippen LogP) is 1.56. The first-order valence-corrected chi connectivity index (χ1v) is 4.78. The number of carbonyl (C=O) groups is 1. The van der Waals surface area contributed by atoms with Gasteiger partial charge in [0.25, 0.3) is 0 Å². The molecule has 0 radical (unpaired) electrons.